The summed E-state index contributed by atoms with van der Waals surface area (Å²) >= 11 is 6.15. The Kier molecular flexibility index (Phi) is 8.29. The minimum absolute atomic E-state index is 0. The van der Waals surface area contributed by atoms with Crippen molar-refractivity contribution < 1.29 is 9.18 Å². The Morgan fingerprint density at radius 2 is 1.56 bits per heavy atom. The van der Waals surface area contributed by atoms with Crippen molar-refractivity contribution in [2.45, 2.75) is 25.9 Å². The van der Waals surface area contributed by atoms with Crippen molar-refractivity contribution in [2.75, 3.05) is 19.6 Å². The Balaban J connectivity index is 0.00000304. The molecule has 1 aromatic heterocycles. The molecule has 36 heavy (non-hydrogen) atoms. The summed E-state index contributed by atoms with van der Waals surface area (Å²) in [5.41, 5.74) is 3.34. The Hall–Kier alpha value is -2.93. The first-order valence-corrected chi connectivity index (χ1v) is 12.3. The summed E-state index contributed by atoms with van der Waals surface area (Å²) in [6, 6.07) is 21.2. The van der Waals surface area contributed by atoms with Gasteiger partial charge in [-0.2, -0.15) is 0 Å². The Morgan fingerprint density at radius 1 is 0.889 bits per heavy atom. The highest BCUT2D eigenvalue weighted by Gasteiger charge is 2.26. The molecule has 1 aliphatic heterocycles. The number of Topliss-reactive ketones (excluding diaryl/α,β-unsaturated/α-hetero) is 1. The monoisotopic (exact) mass is 527 g/mol. The number of ketones is 1. The van der Waals surface area contributed by atoms with Crippen molar-refractivity contribution in [3.63, 3.8) is 0 Å². The lowest BCUT2D eigenvalue weighted by Crippen LogP contribution is -2.39. The minimum Gasteiger partial charge on any atom is -0.302 e. The number of likely N-dealkylation sites (tertiary alicyclic amines) is 1. The van der Waals surface area contributed by atoms with E-state index >= 15 is 0 Å². The van der Waals surface area contributed by atoms with Crippen molar-refractivity contribution in [3.05, 3.63) is 105 Å². The SMILES string of the molecule is Cl.O=C(c1ccc(F)cc1)C1CCN(CCn2c(=O)n(Cc3cccc(Cl)c3)c3ccccc32)CC1. The van der Waals surface area contributed by atoms with Crippen LogP contribution in [0.2, 0.25) is 5.02 Å². The second kappa shape index (κ2) is 11.4. The molecular formula is C28H28Cl2FN3O2. The van der Waals surface area contributed by atoms with Crippen LogP contribution in [0.3, 0.4) is 0 Å². The maximum atomic E-state index is 13.4. The van der Waals surface area contributed by atoms with Gasteiger partial charge in [-0.3, -0.25) is 13.9 Å². The number of carbonyl (C=O) groups excluding carboxylic acids is 1. The van der Waals surface area contributed by atoms with Gasteiger partial charge < -0.3 is 4.90 Å². The van der Waals surface area contributed by atoms with E-state index in [1.807, 2.05) is 53.1 Å². The van der Waals surface area contributed by atoms with E-state index in [1.165, 1.54) is 12.1 Å². The topological polar surface area (TPSA) is 47.2 Å². The van der Waals surface area contributed by atoms with Gasteiger partial charge in [-0.1, -0.05) is 35.9 Å². The molecule has 0 bridgehead atoms. The lowest BCUT2D eigenvalue weighted by atomic mass is 9.89. The first-order chi connectivity index (χ1) is 17.0. The van der Waals surface area contributed by atoms with Gasteiger partial charge >= 0.3 is 5.69 Å². The Morgan fingerprint density at radius 3 is 2.22 bits per heavy atom. The fourth-order valence-corrected chi connectivity index (χ4v) is 5.18. The maximum Gasteiger partial charge on any atom is 0.329 e. The largest absolute Gasteiger partial charge is 0.329 e. The third-order valence-electron chi connectivity index (χ3n) is 6.88. The van der Waals surface area contributed by atoms with Crippen molar-refractivity contribution in [3.8, 4) is 0 Å². The van der Waals surface area contributed by atoms with Gasteiger partial charge in [0.15, 0.2) is 5.78 Å². The molecule has 1 saturated heterocycles. The summed E-state index contributed by atoms with van der Waals surface area (Å²) < 4.78 is 16.8. The van der Waals surface area contributed by atoms with E-state index in [1.54, 1.807) is 16.7 Å². The van der Waals surface area contributed by atoms with E-state index < -0.39 is 0 Å². The predicted molar refractivity (Wildman–Crippen MR) is 144 cm³/mol. The summed E-state index contributed by atoms with van der Waals surface area (Å²) in [6.07, 6.45) is 1.53. The van der Waals surface area contributed by atoms with Gasteiger partial charge in [-0.15, -0.1) is 12.4 Å². The minimum atomic E-state index is -0.333. The van der Waals surface area contributed by atoms with Crippen molar-refractivity contribution in [2.24, 2.45) is 5.92 Å². The van der Waals surface area contributed by atoms with E-state index in [9.17, 15) is 14.0 Å². The van der Waals surface area contributed by atoms with Gasteiger partial charge in [-0.05, 0) is 80.0 Å². The summed E-state index contributed by atoms with van der Waals surface area (Å²) in [6.45, 7) is 3.38. The Labute approximate surface area is 220 Å². The van der Waals surface area contributed by atoms with Gasteiger partial charge in [0.25, 0.3) is 0 Å². The van der Waals surface area contributed by atoms with E-state index in [0.717, 1.165) is 49.1 Å². The molecule has 0 spiro atoms. The highest BCUT2D eigenvalue weighted by atomic mass is 35.5. The zero-order chi connectivity index (χ0) is 24.4. The zero-order valence-electron chi connectivity index (χ0n) is 19.8. The molecule has 5 rings (SSSR count). The number of para-hydroxylation sites is 2. The van der Waals surface area contributed by atoms with E-state index in [2.05, 4.69) is 4.90 Å². The lowest BCUT2D eigenvalue weighted by Gasteiger charge is -2.31. The zero-order valence-corrected chi connectivity index (χ0v) is 21.4. The maximum absolute atomic E-state index is 13.4. The van der Waals surface area contributed by atoms with Crippen LogP contribution in [0.15, 0.2) is 77.6 Å². The van der Waals surface area contributed by atoms with E-state index in [-0.39, 0.29) is 35.6 Å². The van der Waals surface area contributed by atoms with Crippen LogP contribution in [0.5, 0.6) is 0 Å². The second-order valence-electron chi connectivity index (χ2n) is 9.13. The van der Waals surface area contributed by atoms with Gasteiger partial charge in [0.05, 0.1) is 17.6 Å². The van der Waals surface area contributed by atoms with Crippen LogP contribution in [0, 0.1) is 11.7 Å². The number of imidazole rings is 1. The second-order valence-corrected chi connectivity index (χ2v) is 9.56. The number of benzene rings is 3. The van der Waals surface area contributed by atoms with Gasteiger partial charge in [-0.25, -0.2) is 9.18 Å². The molecule has 0 aliphatic carbocycles. The number of hydrogen-bond donors (Lipinski definition) is 0. The number of fused-ring (bicyclic) bond motifs is 1. The van der Waals surface area contributed by atoms with Gasteiger partial charge in [0.1, 0.15) is 5.82 Å². The third kappa shape index (κ3) is 5.56. The lowest BCUT2D eigenvalue weighted by molar-refractivity contribution is 0.0837. The van der Waals surface area contributed by atoms with Crippen LogP contribution in [-0.2, 0) is 13.1 Å². The van der Waals surface area contributed by atoms with Crippen LogP contribution in [0.25, 0.3) is 11.0 Å². The summed E-state index contributed by atoms with van der Waals surface area (Å²) in [7, 11) is 0. The average molecular weight is 528 g/mol. The molecule has 0 radical (unpaired) electrons. The molecule has 3 aromatic carbocycles. The first-order valence-electron chi connectivity index (χ1n) is 11.9. The number of nitrogens with zero attached hydrogens (tertiary/aromatic N) is 3. The van der Waals surface area contributed by atoms with Crippen LogP contribution in [0.1, 0.15) is 28.8 Å². The fraction of sp³-hybridized carbons (Fsp3) is 0.286. The van der Waals surface area contributed by atoms with Crippen molar-refractivity contribution >= 4 is 40.8 Å². The molecule has 8 heteroatoms. The summed E-state index contributed by atoms with van der Waals surface area (Å²) in [5, 5.41) is 0.653. The van der Waals surface area contributed by atoms with Crippen LogP contribution < -0.4 is 5.69 Å². The smallest absolute Gasteiger partial charge is 0.302 e. The molecule has 0 unspecified atom stereocenters. The molecule has 0 N–H and O–H groups in total. The molecule has 2 heterocycles. The fourth-order valence-electron chi connectivity index (χ4n) is 4.97. The van der Waals surface area contributed by atoms with Gasteiger partial charge in [0.2, 0.25) is 0 Å². The van der Waals surface area contributed by atoms with Crippen LogP contribution in [-0.4, -0.2) is 39.5 Å². The molecule has 5 nitrogen and oxygen atoms in total. The number of halogens is 3. The normalized spacial score (nSPS) is 14.6. The van der Waals surface area contributed by atoms with Crippen molar-refractivity contribution in [1.29, 1.82) is 0 Å². The number of aromatic nitrogens is 2. The average Bonchev–Trinajstić information content (AvgIpc) is 3.14. The standard InChI is InChI=1S/C28H27ClFN3O2.ClH/c29-23-5-3-4-20(18-23)19-33-26-7-2-1-6-25(26)32(28(33)35)17-16-31-14-12-22(13-15-31)27(34)21-8-10-24(30)11-9-21;/h1-11,18,22H,12-17,19H2;1H. The van der Waals surface area contributed by atoms with Gasteiger partial charge in [0, 0.05) is 29.6 Å². The molecule has 0 saturated carbocycles. The third-order valence-corrected chi connectivity index (χ3v) is 7.12. The van der Waals surface area contributed by atoms with E-state index in [4.69, 9.17) is 11.6 Å². The van der Waals surface area contributed by atoms with E-state index in [0.29, 0.717) is 23.7 Å². The molecule has 0 amide bonds. The molecule has 1 fully saturated rings. The quantitative estimate of drug-likeness (QED) is 0.291. The predicted octanol–water partition coefficient (Wildman–Crippen LogP) is 5.66. The Bertz CT molecular complexity index is 1410. The molecule has 0 atom stereocenters. The molecule has 1 aliphatic rings. The van der Waals surface area contributed by atoms with Crippen LogP contribution in [0.4, 0.5) is 4.39 Å². The number of piperidine rings is 1. The van der Waals surface area contributed by atoms with Crippen LogP contribution >= 0.6 is 24.0 Å². The number of carbonyl (C=O) groups is 1. The summed E-state index contributed by atoms with van der Waals surface area (Å²) in [5.74, 6) is -0.287. The highest BCUT2D eigenvalue weighted by molar-refractivity contribution is 6.30. The number of hydrogen-bond acceptors (Lipinski definition) is 3. The molecule has 188 valence electrons. The van der Waals surface area contributed by atoms with Crippen molar-refractivity contribution in [1.82, 2.24) is 14.0 Å². The molecular weight excluding hydrogens is 500 g/mol. The first kappa shape index (κ1) is 26.1. The highest BCUT2D eigenvalue weighted by Crippen LogP contribution is 2.22. The summed E-state index contributed by atoms with van der Waals surface area (Å²) in [4.78, 5) is 28.4. The number of rotatable bonds is 7. The molecule has 4 aromatic rings.